The first-order valence-electron chi connectivity index (χ1n) is 7.61. The molecule has 0 fully saturated rings. The Morgan fingerprint density at radius 1 is 1.08 bits per heavy atom. The van der Waals surface area contributed by atoms with Gasteiger partial charge in [-0.25, -0.2) is 8.42 Å². The molecule has 0 saturated carbocycles. The standard InChI is InChI=1S/C17H23N3O3S/c1-13-5-6-14(2)20(13)16-9-7-15(8-10-16)11-18-17(21)12-19(3)24(4,22)23/h5-10H,11-12H2,1-4H3,(H,18,21). The summed E-state index contributed by atoms with van der Waals surface area (Å²) in [6, 6.07) is 12.1. The molecule has 0 aliphatic rings. The first-order valence-corrected chi connectivity index (χ1v) is 9.45. The largest absolute Gasteiger partial charge is 0.351 e. The Morgan fingerprint density at radius 3 is 2.12 bits per heavy atom. The van der Waals surface area contributed by atoms with Crippen LogP contribution in [0.1, 0.15) is 17.0 Å². The van der Waals surface area contributed by atoms with E-state index in [1.807, 2.05) is 24.3 Å². The molecule has 0 aliphatic carbocycles. The lowest BCUT2D eigenvalue weighted by atomic mass is 10.2. The van der Waals surface area contributed by atoms with Gasteiger partial charge < -0.3 is 9.88 Å². The maximum atomic E-state index is 11.8. The molecular weight excluding hydrogens is 326 g/mol. The van der Waals surface area contributed by atoms with Gasteiger partial charge in [-0.1, -0.05) is 12.1 Å². The van der Waals surface area contributed by atoms with Crippen molar-refractivity contribution in [3.63, 3.8) is 0 Å². The maximum Gasteiger partial charge on any atom is 0.235 e. The van der Waals surface area contributed by atoms with Crippen molar-refractivity contribution in [1.29, 1.82) is 0 Å². The van der Waals surface area contributed by atoms with Crippen molar-refractivity contribution < 1.29 is 13.2 Å². The molecule has 0 aliphatic heterocycles. The first-order chi connectivity index (χ1) is 11.2. The Labute approximate surface area is 143 Å². The average molecular weight is 349 g/mol. The Kier molecular flexibility index (Phi) is 5.46. The van der Waals surface area contributed by atoms with Crippen molar-refractivity contribution in [2.75, 3.05) is 19.8 Å². The van der Waals surface area contributed by atoms with Crippen LogP contribution in [-0.4, -0.2) is 43.0 Å². The van der Waals surface area contributed by atoms with Crippen LogP contribution in [0, 0.1) is 13.8 Å². The highest BCUT2D eigenvalue weighted by atomic mass is 32.2. The minimum atomic E-state index is -3.35. The summed E-state index contributed by atoms with van der Waals surface area (Å²) in [4.78, 5) is 11.8. The van der Waals surface area contributed by atoms with E-state index in [-0.39, 0.29) is 12.5 Å². The van der Waals surface area contributed by atoms with Gasteiger partial charge in [0.15, 0.2) is 0 Å². The number of hydrogen-bond donors (Lipinski definition) is 1. The second-order valence-electron chi connectivity index (χ2n) is 5.91. The second kappa shape index (κ2) is 7.19. The molecule has 1 amide bonds. The number of benzene rings is 1. The van der Waals surface area contributed by atoms with E-state index in [1.165, 1.54) is 7.05 Å². The summed E-state index contributed by atoms with van der Waals surface area (Å²) in [6.45, 7) is 4.29. The van der Waals surface area contributed by atoms with E-state index in [9.17, 15) is 13.2 Å². The van der Waals surface area contributed by atoms with Gasteiger partial charge in [0.05, 0.1) is 12.8 Å². The van der Waals surface area contributed by atoms with Gasteiger partial charge in [0, 0.05) is 30.7 Å². The number of carbonyl (C=O) groups is 1. The quantitative estimate of drug-likeness (QED) is 0.861. The van der Waals surface area contributed by atoms with Crippen molar-refractivity contribution in [3.05, 3.63) is 53.3 Å². The lowest BCUT2D eigenvalue weighted by Gasteiger charge is -2.14. The van der Waals surface area contributed by atoms with E-state index in [1.54, 1.807) is 0 Å². The molecule has 2 rings (SSSR count). The number of nitrogens with one attached hydrogen (secondary N) is 1. The van der Waals surface area contributed by atoms with Crippen molar-refractivity contribution in [1.82, 2.24) is 14.2 Å². The Balaban J connectivity index is 1.96. The molecule has 24 heavy (non-hydrogen) atoms. The number of aromatic nitrogens is 1. The first kappa shape index (κ1) is 18.2. The third kappa shape index (κ3) is 4.46. The van der Waals surface area contributed by atoms with Crippen LogP contribution in [0.3, 0.4) is 0 Å². The Hall–Kier alpha value is -2.12. The highest BCUT2D eigenvalue weighted by molar-refractivity contribution is 7.88. The van der Waals surface area contributed by atoms with E-state index in [0.717, 1.165) is 33.2 Å². The summed E-state index contributed by atoms with van der Waals surface area (Å²) in [5.74, 6) is -0.330. The SMILES string of the molecule is Cc1ccc(C)n1-c1ccc(CNC(=O)CN(C)S(C)(=O)=O)cc1. The van der Waals surface area contributed by atoms with Crippen LogP contribution >= 0.6 is 0 Å². The number of aryl methyl sites for hydroxylation is 2. The second-order valence-corrected chi connectivity index (χ2v) is 8.00. The fraction of sp³-hybridized carbons (Fsp3) is 0.353. The smallest absolute Gasteiger partial charge is 0.235 e. The van der Waals surface area contributed by atoms with Crippen LogP contribution in [0.2, 0.25) is 0 Å². The predicted molar refractivity (Wildman–Crippen MR) is 94.6 cm³/mol. The van der Waals surface area contributed by atoms with Crippen molar-refractivity contribution in [2.24, 2.45) is 0 Å². The number of nitrogens with zero attached hydrogens (tertiary/aromatic N) is 2. The molecule has 0 unspecified atom stereocenters. The third-order valence-corrected chi connectivity index (χ3v) is 5.15. The predicted octanol–water partition coefficient (Wildman–Crippen LogP) is 1.60. The summed E-state index contributed by atoms with van der Waals surface area (Å²) >= 11 is 0. The number of amides is 1. The molecule has 1 aromatic heterocycles. The summed E-state index contributed by atoms with van der Waals surface area (Å²) in [7, 11) is -1.97. The molecule has 6 nitrogen and oxygen atoms in total. The normalized spacial score (nSPS) is 11.7. The molecule has 2 aromatic rings. The zero-order chi connectivity index (χ0) is 17.9. The molecule has 1 aromatic carbocycles. The van der Waals surface area contributed by atoms with E-state index in [4.69, 9.17) is 0 Å². The van der Waals surface area contributed by atoms with Crippen LogP contribution in [0.15, 0.2) is 36.4 Å². The van der Waals surface area contributed by atoms with E-state index >= 15 is 0 Å². The Morgan fingerprint density at radius 2 is 1.62 bits per heavy atom. The van der Waals surface area contributed by atoms with Crippen LogP contribution in [0.25, 0.3) is 5.69 Å². The van der Waals surface area contributed by atoms with Crippen LogP contribution in [0.4, 0.5) is 0 Å². The van der Waals surface area contributed by atoms with Gasteiger partial charge >= 0.3 is 0 Å². The number of sulfonamides is 1. The topological polar surface area (TPSA) is 71.4 Å². The highest BCUT2D eigenvalue weighted by Gasteiger charge is 2.14. The molecule has 0 spiro atoms. The molecule has 0 bridgehead atoms. The van der Waals surface area contributed by atoms with Crippen molar-refractivity contribution in [3.8, 4) is 5.69 Å². The van der Waals surface area contributed by atoms with Gasteiger partial charge in [0.2, 0.25) is 15.9 Å². The van der Waals surface area contributed by atoms with Crippen LogP contribution in [-0.2, 0) is 21.4 Å². The van der Waals surface area contributed by atoms with Gasteiger partial charge in [-0.15, -0.1) is 0 Å². The monoisotopic (exact) mass is 349 g/mol. The molecule has 1 heterocycles. The van der Waals surface area contributed by atoms with Gasteiger partial charge in [0.1, 0.15) is 0 Å². The van der Waals surface area contributed by atoms with Gasteiger partial charge in [-0.3, -0.25) is 4.79 Å². The fourth-order valence-corrected chi connectivity index (χ4v) is 2.77. The lowest BCUT2D eigenvalue weighted by molar-refractivity contribution is -0.121. The summed E-state index contributed by atoms with van der Waals surface area (Å²) in [5, 5.41) is 2.73. The van der Waals surface area contributed by atoms with Gasteiger partial charge in [0.25, 0.3) is 0 Å². The van der Waals surface area contributed by atoms with Crippen molar-refractivity contribution >= 4 is 15.9 Å². The summed E-state index contributed by atoms with van der Waals surface area (Å²) in [5.41, 5.74) is 4.35. The third-order valence-electron chi connectivity index (χ3n) is 3.89. The number of hydrogen-bond acceptors (Lipinski definition) is 3. The van der Waals surface area contributed by atoms with Crippen LogP contribution in [0.5, 0.6) is 0 Å². The van der Waals surface area contributed by atoms with Gasteiger partial charge in [-0.05, 0) is 43.7 Å². The minimum absolute atomic E-state index is 0.182. The number of rotatable bonds is 6. The minimum Gasteiger partial charge on any atom is -0.351 e. The van der Waals surface area contributed by atoms with E-state index in [2.05, 4.69) is 35.9 Å². The molecule has 0 atom stereocenters. The maximum absolute atomic E-state index is 11.8. The lowest BCUT2D eigenvalue weighted by Crippen LogP contribution is -2.37. The summed E-state index contributed by atoms with van der Waals surface area (Å²) < 4.78 is 25.8. The van der Waals surface area contributed by atoms with E-state index in [0.29, 0.717) is 6.54 Å². The zero-order valence-electron chi connectivity index (χ0n) is 14.4. The molecule has 130 valence electrons. The zero-order valence-corrected chi connectivity index (χ0v) is 15.2. The fourth-order valence-electron chi connectivity index (χ4n) is 2.41. The number of likely N-dealkylation sites (N-methyl/N-ethyl adjacent to an activating group) is 1. The van der Waals surface area contributed by atoms with Crippen LogP contribution < -0.4 is 5.32 Å². The van der Waals surface area contributed by atoms with E-state index < -0.39 is 10.0 Å². The molecule has 0 saturated heterocycles. The Bertz CT molecular complexity index is 804. The van der Waals surface area contributed by atoms with Gasteiger partial charge in [-0.2, -0.15) is 4.31 Å². The number of carbonyl (C=O) groups excluding carboxylic acids is 1. The highest BCUT2D eigenvalue weighted by Crippen LogP contribution is 2.16. The molecule has 1 N–H and O–H groups in total. The van der Waals surface area contributed by atoms with Crippen molar-refractivity contribution in [2.45, 2.75) is 20.4 Å². The average Bonchev–Trinajstić information content (AvgIpc) is 2.84. The summed E-state index contributed by atoms with van der Waals surface area (Å²) in [6.07, 6.45) is 1.07. The molecule has 7 heteroatoms. The molecule has 0 radical (unpaired) electrons. The molecular formula is C17H23N3O3S.